The molecule has 0 radical (unpaired) electrons. The van der Waals surface area contributed by atoms with E-state index in [-0.39, 0.29) is 6.73 Å². The molecule has 0 atom stereocenters. The van der Waals surface area contributed by atoms with Crippen molar-refractivity contribution in [3.63, 3.8) is 0 Å². The first-order valence-corrected chi connectivity index (χ1v) is 3.13. The second-order valence-corrected chi connectivity index (χ2v) is 1.80. The number of ether oxygens (including phenoxy) is 1. The quantitative estimate of drug-likeness (QED) is 0.390. The van der Waals surface area contributed by atoms with E-state index >= 15 is 0 Å². The number of rotatable bonds is 4. The third kappa shape index (κ3) is 2.66. The molecule has 0 bridgehead atoms. The van der Waals surface area contributed by atoms with Crippen LogP contribution in [0.15, 0.2) is 24.4 Å². The molecule has 0 saturated carbocycles. The zero-order valence-electron chi connectivity index (χ0n) is 5.86. The number of nitrogens with zero attached hydrogens (tertiary/aromatic N) is 1. The van der Waals surface area contributed by atoms with Gasteiger partial charge in [0.2, 0.25) is 0 Å². The van der Waals surface area contributed by atoms with Gasteiger partial charge in [0, 0.05) is 6.20 Å². The lowest BCUT2D eigenvalue weighted by molar-refractivity contribution is -0.127. The van der Waals surface area contributed by atoms with E-state index in [1.54, 1.807) is 12.3 Å². The first-order valence-electron chi connectivity index (χ1n) is 3.13. The number of hydrogen-bond donors (Lipinski definition) is 1. The average Bonchev–Trinajstić information content (AvgIpc) is 2.07. The second kappa shape index (κ2) is 4.27. The summed E-state index contributed by atoms with van der Waals surface area (Å²) in [6.45, 7) is 0.538. The Balaban J connectivity index is 2.33. The molecule has 0 amide bonds. The van der Waals surface area contributed by atoms with Crippen LogP contribution in [-0.4, -0.2) is 18.2 Å². The fourth-order valence-electron chi connectivity index (χ4n) is 0.617. The highest BCUT2D eigenvalue weighted by Crippen LogP contribution is 1.97. The van der Waals surface area contributed by atoms with Gasteiger partial charge in [0.05, 0.1) is 0 Å². The first kappa shape index (κ1) is 7.53. The maximum absolute atomic E-state index is 9.71. The Hall–Kier alpha value is -1.58. The summed E-state index contributed by atoms with van der Waals surface area (Å²) in [5.41, 5.74) is 0. The first-order chi connectivity index (χ1) is 5.43. The van der Waals surface area contributed by atoms with Crippen LogP contribution in [0.2, 0.25) is 0 Å². The van der Waals surface area contributed by atoms with Gasteiger partial charge in [-0.1, -0.05) is 6.07 Å². The van der Waals surface area contributed by atoms with Gasteiger partial charge in [0.15, 0.2) is 6.73 Å². The molecule has 1 N–H and O–H groups in total. The van der Waals surface area contributed by atoms with Crippen LogP contribution in [0.3, 0.4) is 0 Å². The zero-order valence-corrected chi connectivity index (χ0v) is 5.86. The van der Waals surface area contributed by atoms with E-state index in [1.807, 2.05) is 12.1 Å². The van der Waals surface area contributed by atoms with E-state index in [0.29, 0.717) is 12.3 Å². The Bertz CT molecular complexity index is 213. The number of hydrogen-bond acceptors (Lipinski definition) is 4. The largest absolute Gasteiger partial charge is 0.447 e. The fourth-order valence-corrected chi connectivity index (χ4v) is 0.617. The molecular weight excluding hydrogens is 144 g/mol. The lowest BCUT2D eigenvalue weighted by Crippen LogP contribution is -2.05. The Morgan fingerprint density at radius 1 is 1.64 bits per heavy atom. The van der Waals surface area contributed by atoms with Gasteiger partial charge >= 0.3 is 0 Å². The molecule has 1 heterocycles. The fraction of sp³-hybridized carbons (Fsp3) is 0.143. The minimum absolute atomic E-state index is 0.153. The topological polar surface area (TPSA) is 51.2 Å². The molecule has 1 aromatic heterocycles. The van der Waals surface area contributed by atoms with Gasteiger partial charge in [-0.25, -0.2) is 4.98 Å². The molecule has 4 heteroatoms. The van der Waals surface area contributed by atoms with Crippen molar-refractivity contribution in [2.75, 3.05) is 12.0 Å². The molecule has 0 unspecified atom stereocenters. The zero-order chi connectivity index (χ0) is 7.94. The van der Waals surface area contributed by atoms with Crippen molar-refractivity contribution in [1.82, 2.24) is 4.98 Å². The summed E-state index contributed by atoms with van der Waals surface area (Å²) in [7, 11) is 0. The minimum Gasteiger partial charge on any atom is -0.447 e. The molecular formula is C7H8N2O2. The van der Waals surface area contributed by atoms with Gasteiger partial charge in [-0.05, 0) is 12.1 Å². The highest BCUT2D eigenvalue weighted by Gasteiger charge is 1.87. The van der Waals surface area contributed by atoms with Gasteiger partial charge < -0.3 is 10.1 Å². The average molecular weight is 152 g/mol. The van der Waals surface area contributed by atoms with E-state index < -0.39 is 0 Å². The molecule has 11 heavy (non-hydrogen) atoms. The van der Waals surface area contributed by atoms with E-state index in [0.717, 1.165) is 0 Å². The van der Waals surface area contributed by atoms with Gasteiger partial charge in [-0.2, -0.15) is 0 Å². The van der Waals surface area contributed by atoms with Crippen LogP contribution in [0.5, 0.6) is 0 Å². The maximum atomic E-state index is 9.71. The predicted molar refractivity (Wildman–Crippen MR) is 39.9 cm³/mol. The molecule has 1 aromatic rings. The Morgan fingerprint density at radius 2 is 2.55 bits per heavy atom. The SMILES string of the molecule is O=COCNc1ccccn1. The van der Waals surface area contributed by atoms with Gasteiger partial charge in [0.1, 0.15) is 5.82 Å². The smallest absolute Gasteiger partial charge is 0.294 e. The van der Waals surface area contributed by atoms with Gasteiger partial charge in [0.25, 0.3) is 6.47 Å². The van der Waals surface area contributed by atoms with Crippen molar-refractivity contribution < 1.29 is 9.53 Å². The Morgan fingerprint density at radius 3 is 3.18 bits per heavy atom. The van der Waals surface area contributed by atoms with E-state index in [1.165, 1.54) is 0 Å². The van der Waals surface area contributed by atoms with Crippen molar-refractivity contribution in [1.29, 1.82) is 0 Å². The lowest BCUT2D eigenvalue weighted by Gasteiger charge is -2.01. The molecule has 4 nitrogen and oxygen atoms in total. The van der Waals surface area contributed by atoms with Crippen LogP contribution in [0.4, 0.5) is 5.82 Å². The number of nitrogens with one attached hydrogen (secondary N) is 1. The van der Waals surface area contributed by atoms with Crippen molar-refractivity contribution in [2.24, 2.45) is 0 Å². The minimum atomic E-state index is 0.153. The van der Waals surface area contributed by atoms with Crippen LogP contribution in [-0.2, 0) is 9.53 Å². The molecule has 0 aliphatic carbocycles. The summed E-state index contributed by atoms with van der Waals surface area (Å²) in [6.07, 6.45) is 1.66. The number of anilines is 1. The summed E-state index contributed by atoms with van der Waals surface area (Å²) < 4.78 is 4.41. The second-order valence-electron chi connectivity index (χ2n) is 1.80. The maximum Gasteiger partial charge on any atom is 0.294 e. The van der Waals surface area contributed by atoms with Crippen molar-refractivity contribution in [2.45, 2.75) is 0 Å². The third-order valence-electron chi connectivity index (χ3n) is 1.07. The Labute approximate surface area is 64.2 Å². The molecule has 0 fully saturated rings. The van der Waals surface area contributed by atoms with Gasteiger partial charge in [-0.3, -0.25) is 4.79 Å². The lowest BCUT2D eigenvalue weighted by atomic mass is 10.5. The van der Waals surface area contributed by atoms with Crippen LogP contribution in [0, 0.1) is 0 Å². The van der Waals surface area contributed by atoms with Crippen molar-refractivity contribution in [3.05, 3.63) is 24.4 Å². The highest BCUT2D eigenvalue weighted by molar-refractivity contribution is 5.38. The summed E-state index contributed by atoms with van der Waals surface area (Å²) in [5, 5.41) is 2.78. The molecule has 0 aliphatic rings. The normalized spacial score (nSPS) is 8.73. The molecule has 0 saturated heterocycles. The van der Waals surface area contributed by atoms with Gasteiger partial charge in [-0.15, -0.1) is 0 Å². The van der Waals surface area contributed by atoms with Crippen LogP contribution >= 0.6 is 0 Å². The third-order valence-corrected chi connectivity index (χ3v) is 1.07. The Kier molecular flexibility index (Phi) is 2.92. The van der Waals surface area contributed by atoms with E-state index in [4.69, 9.17) is 0 Å². The molecule has 0 aliphatic heterocycles. The van der Waals surface area contributed by atoms with Crippen molar-refractivity contribution in [3.8, 4) is 0 Å². The monoisotopic (exact) mass is 152 g/mol. The molecule has 0 spiro atoms. The summed E-state index contributed by atoms with van der Waals surface area (Å²) >= 11 is 0. The summed E-state index contributed by atoms with van der Waals surface area (Å²) in [4.78, 5) is 13.7. The standard InChI is InChI=1S/C7H8N2O2/c10-6-11-5-9-7-3-1-2-4-8-7/h1-4,6H,5H2,(H,8,9). The highest BCUT2D eigenvalue weighted by atomic mass is 16.5. The van der Waals surface area contributed by atoms with E-state index in [2.05, 4.69) is 15.0 Å². The summed E-state index contributed by atoms with van der Waals surface area (Å²) in [5.74, 6) is 0.689. The van der Waals surface area contributed by atoms with Crippen LogP contribution in [0.25, 0.3) is 0 Å². The van der Waals surface area contributed by atoms with E-state index in [9.17, 15) is 4.79 Å². The predicted octanol–water partition coefficient (Wildman–Crippen LogP) is 0.624. The number of carbonyl (C=O) groups excluding carboxylic acids is 1. The van der Waals surface area contributed by atoms with Crippen LogP contribution < -0.4 is 5.32 Å². The van der Waals surface area contributed by atoms with Crippen molar-refractivity contribution >= 4 is 12.3 Å². The molecule has 0 aromatic carbocycles. The van der Waals surface area contributed by atoms with Crippen LogP contribution in [0.1, 0.15) is 0 Å². The number of carbonyl (C=O) groups is 1. The number of aromatic nitrogens is 1. The number of pyridine rings is 1. The molecule has 1 rings (SSSR count). The molecule has 58 valence electrons. The summed E-state index contributed by atoms with van der Waals surface area (Å²) in [6, 6.07) is 5.44.